The Kier molecular flexibility index (Phi) is 6.56. The highest BCUT2D eigenvalue weighted by Crippen LogP contribution is 2.28. The number of para-hydroxylation sites is 1. The summed E-state index contributed by atoms with van der Waals surface area (Å²) < 4.78 is 1.78. The van der Waals surface area contributed by atoms with Crippen molar-refractivity contribution in [3.8, 4) is 0 Å². The molecule has 0 bridgehead atoms. The van der Waals surface area contributed by atoms with Gasteiger partial charge in [-0.2, -0.15) is 5.10 Å². The molecule has 4 aromatic rings. The molecule has 0 saturated heterocycles. The van der Waals surface area contributed by atoms with Crippen molar-refractivity contribution in [1.82, 2.24) is 25.4 Å². The first-order chi connectivity index (χ1) is 15.5. The summed E-state index contributed by atoms with van der Waals surface area (Å²) in [4.78, 5) is 28.2. The molecule has 2 atom stereocenters. The number of nitrogens with one attached hydrogen (secondary N) is 3. The van der Waals surface area contributed by atoms with Gasteiger partial charge in [-0.3, -0.25) is 14.3 Å². The number of aromatic amines is 1. The second kappa shape index (κ2) is 9.70. The second-order valence-corrected chi connectivity index (χ2v) is 7.97. The Balaban J connectivity index is 1.36. The number of rotatable bonds is 8. The minimum absolute atomic E-state index is 0.160. The number of H-pyrrole nitrogens is 1. The molecule has 32 heavy (non-hydrogen) atoms. The third kappa shape index (κ3) is 4.68. The Morgan fingerprint density at radius 2 is 1.91 bits per heavy atom. The Hall–Kier alpha value is -3.58. The molecule has 3 N–H and O–H groups in total. The topological polar surface area (TPSA) is 91.8 Å². The van der Waals surface area contributed by atoms with Crippen LogP contribution in [0.1, 0.15) is 35.3 Å². The number of carbonyl (C=O) groups excluding carboxylic acids is 2. The highest BCUT2D eigenvalue weighted by molar-refractivity contribution is 6.31. The molecule has 7 nitrogen and oxygen atoms in total. The largest absolute Gasteiger partial charge is 0.360 e. The van der Waals surface area contributed by atoms with Gasteiger partial charge in [0.1, 0.15) is 0 Å². The van der Waals surface area contributed by atoms with E-state index in [2.05, 4.69) is 20.7 Å². The standard InChI is InChI=1S/C24H24ClN5O2/c1-16(23(30-14-6-12-28-30)18-8-2-4-9-20(18)25)29-22(31)11-13-26-24(32)19-15-27-21-10-5-3-7-17(19)21/h2-10,12,14-16,23,27H,11,13H2,1H3,(H,26,32)(H,29,31)/t16-,23-/m0/s1. The third-order valence-corrected chi connectivity index (χ3v) is 5.71. The molecule has 0 aliphatic rings. The van der Waals surface area contributed by atoms with E-state index in [9.17, 15) is 9.59 Å². The molecule has 0 aliphatic carbocycles. The van der Waals surface area contributed by atoms with Gasteiger partial charge in [0, 0.05) is 47.5 Å². The fourth-order valence-corrected chi connectivity index (χ4v) is 4.10. The maximum Gasteiger partial charge on any atom is 0.253 e. The SMILES string of the molecule is C[C@H](NC(=O)CCNC(=O)c1c[nH]c2ccccc12)[C@@H](c1ccccc1Cl)n1cccn1. The first kappa shape index (κ1) is 21.6. The van der Waals surface area contributed by atoms with E-state index in [0.29, 0.717) is 10.6 Å². The predicted molar refractivity (Wildman–Crippen MR) is 125 cm³/mol. The van der Waals surface area contributed by atoms with E-state index in [0.717, 1.165) is 16.5 Å². The van der Waals surface area contributed by atoms with E-state index in [4.69, 9.17) is 11.6 Å². The van der Waals surface area contributed by atoms with Crippen LogP contribution < -0.4 is 10.6 Å². The number of halogens is 1. The van der Waals surface area contributed by atoms with Crippen LogP contribution in [0.25, 0.3) is 10.9 Å². The van der Waals surface area contributed by atoms with Crippen molar-refractivity contribution in [3.63, 3.8) is 0 Å². The van der Waals surface area contributed by atoms with Gasteiger partial charge in [0.05, 0.1) is 17.6 Å². The molecule has 4 rings (SSSR count). The van der Waals surface area contributed by atoms with Crippen molar-refractivity contribution in [2.45, 2.75) is 25.4 Å². The summed E-state index contributed by atoms with van der Waals surface area (Å²) in [5.41, 5.74) is 2.33. The average molecular weight is 450 g/mol. The number of hydrogen-bond acceptors (Lipinski definition) is 3. The average Bonchev–Trinajstić information content (AvgIpc) is 3.45. The molecule has 0 aliphatic heterocycles. The lowest BCUT2D eigenvalue weighted by molar-refractivity contribution is -0.121. The van der Waals surface area contributed by atoms with Crippen LogP contribution in [0.4, 0.5) is 0 Å². The molecule has 2 amide bonds. The fraction of sp³-hybridized carbons (Fsp3) is 0.208. The van der Waals surface area contributed by atoms with Crippen molar-refractivity contribution < 1.29 is 9.59 Å². The number of amides is 2. The quantitative estimate of drug-likeness (QED) is 0.380. The number of hydrogen-bond donors (Lipinski definition) is 3. The third-order valence-electron chi connectivity index (χ3n) is 5.37. The molecule has 0 spiro atoms. The zero-order valence-electron chi connectivity index (χ0n) is 17.6. The number of benzene rings is 2. The zero-order chi connectivity index (χ0) is 22.5. The van der Waals surface area contributed by atoms with Crippen LogP contribution in [0, 0.1) is 0 Å². The van der Waals surface area contributed by atoms with Gasteiger partial charge in [-0.15, -0.1) is 0 Å². The fourth-order valence-electron chi connectivity index (χ4n) is 3.85. The van der Waals surface area contributed by atoms with E-state index in [1.54, 1.807) is 17.1 Å². The van der Waals surface area contributed by atoms with Gasteiger partial charge < -0.3 is 15.6 Å². The van der Waals surface area contributed by atoms with Crippen LogP contribution in [0.2, 0.25) is 5.02 Å². The molecule has 2 heterocycles. The lowest BCUT2D eigenvalue weighted by Gasteiger charge is -2.26. The van der Waals surface area contributed by atoms with E-state index in [1.165, 1.54) is 0 Å². The second-order valence-electron chi connectivity index (χ2n) is 7.56. The molecule has 0 radical (unpaired) electrons. The Morgan fingerprint density at radius 1 is 1.12 bits per heavy atom. The van der Waals surface area contributed by atoms with Crippen LogP contribution in [0.5, 0.6) is 0 Å². The molecular weight excluding hydrogens is 426 g/mol. The summed E-state index contributed by atoms with van der Waals surface area (Å²) >= 11 is 6.42. The number of carbonyl (C=O) groups is 2. The van der Waals surface area contributed by atoms with Gasteiger partial charge in [0.15, 0.2) is 0 Å². The minimum atomic E-state index is -0.272. The molecule has 0 unspecified atom stereocenters. The maximum absolute atomic E-state index is 12.6. The molecule has 164 valence electrons. The molecule has 2 aromatic heterocycles. The normalized spacial score (nSPS) is 12.9. The smallest absolute Gasteiger partial charge is 0.253 e. The van der Waals surface area contributed by atoms with E-state index in [-0.39, 0.29) is 36.9 Å². The van der Waals surface area contributed by atoms with Gasteiger partial charge >= 0.3 is 0 Å². The van der Waals surface area contributed by atoms with Crippen molar-refractivity contribution >= 4 is 34.3 Å². The first-order valence-corrected chi connectivity index (χ1v) is 10.8. The van der Waals surface area contributed by atoms with E-state index >= 15 is 0 Å². The van der Waals surface area contributed by atoms with Crippen LogP contribution in [0.3, 0.4) is 0 Å². The number of aromatic nitrogens is 3. The van der Waals surface area contributed by atoms with Crippen LogP contribution in [-0.4, -0.2) is 39.2 Å². The van der Waals surface area contributed by atoms with Crippen molar-refractivity contribution in [2.24, 2.45) is 0 Å². The Bertz CT molecular complexity index is 1220. The molecule has 0 saturated carbocycles. The summed E-state index contributed by atoms with van der Waals surface area (Å²) in [6.45, 7) is 2.15. The summed E-state index contributed by atoms with van der Waals surface area (Å²) in [7, 11) is 0. The van der Waals surface area contributed by atoms with Crippen molar-refractivity contribution in [3.05, 3.63) is 89.3 Å². The summed E-state index contributed by atoms with van der Waals surface area (Å²) in [6.07, 6.45) is 5.38. The van der Waals surface area contributed by atoms with E-state index < -0.39 is 0 Å². The molecule has 2 aromatic carbocycles. The minimum Gasteiger partial charge on any atom is -0.360 e. The van der Waals surface area contributed by atoms with Crippen LogP contribution in [0.15, 0.2) is 73.2 Å². The van der Waals surface area contributed by atoms with Crippen LogP contribution in [-0.2, 0) is 4.79 Å². The monoisotopic (exact) mass is 449 g/mol. The van der Waals surface area contributed by atoms with E-state index in [1.807, 2.05) is 67.7 Å². The Labute approximate surface area is 190 Å². The van der Waals surface area contributed by atoms with Gasteiger partial charge in [-0.05, 0) is 30.7 Å². The first-order valence-electron chi connectivity index (χ1n) is 10.4. The van der Waals surface area contributed by atoms with Crippen LogP contribution >= 0.6 is 11.6 Å². The molecule has 8 heteroatoms. The maximum atomic E-state index is 12.6. The Morgan fingerprint density at radius 3 is 2.69 bits per heavy atom. The summed E-state index contributed by atoms with van der Waals surface area (Å²) in [5.74, 6) is -0.380. The summed E-state index contributed by atoms with van der Waals surface area (Å²) in [6, 6.07) is 16.4. The van der Waals surface area contributed by atoms with Gasteiger partial charge in [0.2, 0.25) is 5.91 Å². The van der Waals surface area contributed by atoms with Crippen molar-refractivity contribution in [2.75, 3.05) is 6.54 Å². The molecule has 0 fully saturated rings. The molecular formula is C24H24ClN5O2. The lowest BCUT2D eigenvalue weighted by atomic mass is 10.00. The highest BCUT2D eigenvalue weighted by atomic mass is 35.5. The van der Waals surface area contributed by atoms with Gasteiger partial charge in [-0.25, -0.2) is 0 Å². The lowest BCUT2D eigenvalue weighted by Crippen LogP contribution is -2.41. The predicted octanol–water partition coefficient (Wildman–Crippen LogP) is 3.93. The highest BCUT2D eigenvalue weighted by Gasteiger charge is 2.25. The van der Waals surface area contributed by atoms with Gasteiger partial charge in [-0.1, -0.05) is 48.0 Å². The zero-order valence-corrected chi connectivity index (χ0v) is 18.3. The number of fused-ring (bicyclic) bond motifs is 1. The number of nitrogens with zero attached hydrogens (tertiary/aromatic N) is 2. The summed E-state index contributed by atoms with van der Waals surface area (Å²) in [5, 5.41) is 11.6. The van der Waals surface area contributed by atoms with Gasteiger partial charge in [0.25, 0.3) is 5.91 Å². The van der Waals surface area contributed by atoms with Crippen molar-refractivity contribution in [1.29, 1.82) is 0 Å².